The van der Waals surface area contributed by atoms with Crippen LogP contribution in [0.2, 0.25) is 5.02 Å². The van der Waals surface area contributed by atoms with Crippen molar-refractivity contribution in [2.24, 2.45) is 0 Å². The van der Waals surface area contributed by atoms with Gasteiger partial charge in [0.25, 0.3) is 0 Å². The second kappa shape index (κ2) is 10.1. The molecule has 30 heavy (non-hydrogen) atoms. The summed E-state index contributed by atoms with van der Waals surface area (Å²) < 4.78 is 10.6. The molecule has 0 fully saturated rings. The lowest BCUT2D eigenvalue weighted by Crippen LogP contribution is -2.38. The molecular formula is C23H21ClN2O3S. The van der Waals surface area contributed by atoms with E-state index < -0.39 is 5.92 Å². The smallest absolute Gasteiger partial charge is 0.238 e. The molecule has 0 aliphatic heterocycles. The highest BCUT2D eigenvalue weighted by Gasteiger charge is 2.23. The fourth-order valence-corrected chi connectivity index (χ4v) is 3.52. The maximum Gasteiger partial charge on any atom is 0.238 e. The van der Waals surface area contributed by atoms with E-state index in [9.17, 15) is 4.79 Å². The number of anilines is 1. The molecule has 3 rings (SSSR count). The lowest BCUT2D eigenvalue weighted by Gasteiger charge is -2.19. The Labute approximate surface area is 186 Å². The van der Waals surface area contributed by atoms with E-state index in [0.717, 1.165) is 11.1 Å². The van der Waals surface area contributed by atoms with Crippen molar-refractivity contribution in [1.29, 1.82) is 0 Å². The summed E-state index contributed by atoms with van der Waals surface area (Å²) in [5, 5.41) is 6.31. The molecule has 2 N–H and O–H groups in total. The Hall–Kier alpha value is -3.09. The third kappa shape index (κ3) is 5.09. The summed E-state index contributed by atoms with van der Waals surface area (Å²) >= 11 is 11.5. The molecule has 154 valence electrons. The van der Waals surface area contributed by atoms with Crippen LogP contribution in [-0.4, -0.2) is 25.2 Å². The van der Waals surface area contributed by atoms with E-state index in [0.29, 0.717) is 22.2 Å². The topological polar surface area (TPSA) is 59.6 Å². The molecule has 0 spiro atoms. The molecule has 0 unspecified atom stereocenters. The number of thiocarbonyl (C=S) groups is 1. The highest BCUT2D eigenvalue weighted by atomic mass is 35.5. The first kappa shape index (κ1) is 21.6. The Morgan fingerprint density at radius 2 is 1.43 bits per heavy atom. The number of halogens is 1. The van der Waals surface area contributed by atoms with Crippen molar-refractivity contribution in [2.45, 2.75) is 5.92 Å². The third-order valence-corrected chi connectivity index (χ3v) is 4.99. The van der Waals surface area contributed by atoms with Crippen molar-refractivity contribution in [3.8, 4) is 11.5 Å². The summed E-state index contributed by atoms with van der Waals surface area (Å²) in [5.41, 5.74) is 2.27. The van der Waals surface area contributed by atoms with Crippen LogP contribution in [0.1, 0.15) is 17.0 Å². The normalized spacial score (nSPS) is 10.4. The first-order valence-corrected chi connectivity index (χ1v) is 9.95. The number of ether oxygens (including phenoxy) is 2. The van der Waals surface area contributed by atoms with Crippen LogP contribution in [0, 0.1) is 0 Å². The van der Waals surface area contributed by atoms with Crippen LogP contribution in [0.4, 0.5) is 5.69 Å². The van der Waals surface area contributed by atoms with Gasteiger partial charge in [-0.2, -0.15) is 0 Å². The summed E-state index contributed by atoms with van der Waals surface area (Å²) in [6.45, 7) is 0. The zero-order valence-electron chi connectivity index (χ0n) is 16.5. The van der Waals surface area contributed by atoms with E-state index in [1.807, 2.05) is 60.7 Å². The largest absolute Gasteiger partial charge is 0.495 e. The maximum absolute atomic E-state index is 13.2. The molecule has 0 saturated heterocycles. The average Bonchev–Trinajstić information content (AvgIpc) is 2.76. The van der Waals surface area contributed by atoms with Crippen molar-refractivity contribution in [3.63, 3.8) is 0 Å². The van der Waals surface area contributed by atoms with Crippen molar-refractivity contribution >= 4 is 40.5 Å². The van der Waals surface area contributed by atoms with Gasteiger partial charge in [0.2, 0.25) is 5.91 Å². The molecule has 0 aliphatic rings. The number of benzene rings is 3. The van der Waals surface area contributed by atoms with Gasteiger partial charge >= 0.3 is 0 Å². The van der Waals surface area contributed by atoms with Crippen LogP contribution in [0.25, 0.3) is 0 Å². The minimum absolute atomic E-state index is 0.138. The lowest BCUT2D eigenvalue weighted by atomic mass is 9.90. The molecule has 1 amide bonds. The van der Waals surface area contributed by atoms with Crippen LogP contribution in [0.5, 0.6) is 11.5 Å². The van der Waals surface area contributed by atoms with Gasteiger partial charge < -0.3 is 20.1 Å². The fraction of sp³-hybridized carbons (Fsp3) is 0.130. The zero-order valence-corrected chi connectivity index (χ0v) is 18.1. The zero-order chi connectivity index (χ0) is 21.5. The number of amides is 1. The number of nitrogens with one attached hydrogen (secondary N) is 2. The first-order valence-electron chi connectivity index (χ1n) is 9.16. The Morgan fingerprint density at radius 1 is 0.900 bits per heavy atom. The first-order chi connectivity index (χ1) is 14.5. The number of hydrogen-bond acceptors (Lipinski definition) is 4. The highest BCUT2D eigenvalue weighted by Crippen LogP contribution is 2.35. The van der Waals surface area contributed by atoms with Gasteiger partial charge in [0.1, 0.15) is 11.5 Å². The van der Waals surface area contributed by atoms with E-state index in [4.69, 9.17) is 33.3 Å². The minimum atomic E-state index is -0.506. The van der Waals surface area contributed by atoms with Gasteiger partial charge in [-0.25, -0.2) is 0 Å². The van der Waals surface area contributed by atoms with E-state index >= 15 is 0 Å². The van der Waals surface area contributed by atoms with Gasteiger partial charge in [-0.3, -0.25) is 4.79 Å². The Morgan fingerprint density at radius 3 is 1.93 bits per heavy atom. The third-order valence-electron chi connectivity index (χ3n) is 4.49. The van der Waals surface area contributed by atoms with Crippen LogP contribution in [-0.2, 0) is 4.79 Å². The molecule has 3 aromatic rings. The van der Waals surface area contributed by atoms with Crippen molar-refractivity contribution in [3.05, 3.63) is 88.9 Å². The molecule has 7 heteroatoms. The van der Waals surface area contributed by atoms with Crippen molar-refractivity contribution < 1.29 is 14.3 Å². The maximum atomic E-state index is 13.2. The second-order valence-corrected chi connectivity index (χ2v) is 7.20. The Bertz CT molecular complexity index is 990. The van der Waals surface area contributed by atoms with Gasteiger partial charge in [0, 0.05) is 12.1 Å². The van der Waals surface area contributed by atoms with E-state index in [1.54, 1.807) is 12.1 Å². The van der Waals surface area contributed by atoms with Gasteiger partial charge in [-0.1, -0.05) is 72.3 Å². The van der Waals surface area contributed by atoms with Crippen molar-refractivity contribution in [2.75, 3.05) is 19.5 Å². The van der Waals surface area contributed by atoms with Gasteiger partial charge in [0.15, 0.2) is 5.11 Å². The van der Waals surface area contributed by atoms with E-state index in [1.165, 1.54) is 14.2 Å². The molecule has 3 aromatic carbocycles. The highest BCUT2D eigenvalue weighted by molar-refractivity contribution is 7.80. The molecule has 0 heterocycles. The standard InChI is InChI=1S/C23H21ClN2O3S/c1-28-19-14-18(20(29-2)13-17(19)24)25-23(30)26-22(27)21(15-9-5-3-6-10-15)16-11-7-4-8-12-16/h3-14,21H,1-2H3,(H2,25,26,27,30). The minimum Gasteiger partial charge on any atom is -0.495 e. The van der Waals surface area contributed by atoms with E-state index in [2.05, 4.69) is 10.6 Å². The van der Waals surface area contributed by atoms with Crippen LogP contribution >= 0.6 is 23.8 Å². The van der Waals surface area contributed by atoms with Gasteiger partial charge in [0.05, 0.1) is 30.8 Å². The number of carbonyl (C=O) groups excluding carboxylic acids is 1. The second-order valence-electron chi connectivity index (χ2n) is 6.38. The molecule has 5 nitrogen and oxygen atoms in total. The van der Waals surface area contributed by atoms with Gasteiger partial charge in [-0.05, 0) is 23.3 Å². The lowest BCUT2D eigenvalue weighted by molar-refractivity contribution is -0.120. The number of hydrogen-bond donors (Lipinski definition) is 2. The molecule has 0 bridgehead atoms. The Balaban J connectivity index is 1.82. The van der Waals surface area contributed by atoms with Crippen LogP contribution in [0.15, 0.2) is 72.8 Å². The predicted octanol–water partition coefficient (Wildman–Crippen LogP) is 5.00. The molecule has 0 saturated carbocycles. The number of methoxy groups -OCH3 is 2. The molecule has 0 atom stereocenters. The number of carbonyl (C=O) groups is 1. The SMILES string of the molecule is COc1cc(NC(=S)NC(=O)C(c2ccccc2)c2ccccc2)c(OC)cc1Cl. The molecular weight excluding hydrogens is 420 g/mol. The summed E-state index contributed by atoms with van der Waals surface area (Å²) in [4.78, 5) is 13.2. The quantitative estimate of drug-likeness (QED) is 0.528. The monoisotopic (exact) mass is 440 g/mol. The molecule has 0 radical (unpaired) electrons. The predicted molar refractivity (Wildman–Crippen MR) is 124 cm³/mol. The van der Waals surface area contributed by atoms with Crippen molar-refractivity contribution in [1.82, 2.24) is 5.32 Å². The average molecular weight is 441 g/mol. The summed E-state index contributed by atoms with van der Waals surface area (Å²) in [6.07, 6.45) is 0. The summed E-state index contributed by atoms with van der Waals surface area (Å²) in [5.74, 6) is 0.180. The van der Waals surface area contributed by atoms with Crippen LogP contribution in [0.3, 0.4) is 0 Å². The van der Waals surface area contributed by atoms with Crippen LogP contribution < -0.4 is 20.1 Å². The number of rotatable bonds is 6. The Kier molecular flexibility index (Phi) is 7.27. The molecule has 0 aromatic heterocycles. The summed E-state index contributed by atoms with van der Waals surface area (Å²) in [6, 6.07) is 22.4. The fourth-order valence-electron chi connectivity index (χ4n) is 3.08. The van der Waals surface area contributed by atoms with Gasteiger partial charge in [-0.15, -0.1) is 0 Å². The van der Waals surface area contributed by atoms with E-state index in [-0.39, 0.29) is 11.0 Å². The molecule has 0 aliphatic carbocycles. The summed E-state index contributed by atoms with van der Waals surface area (Å²) in [7, 11) is 3.04.